The average molecular weight is 515 g/mol. The Morgan fingerprint density at radius 1 is 1.19 bits per heavy atom. The highest BCUT2D eigenvalue weighted by atomic mass is 32.1. The average Bonchev–Trinajstić information content (AvgIpc) is 3.18. The SMILES string of the molecule is C=C(NCCCOc1ccc(Nc2nc(N)c(C(=O)c3ccc(OC)c(F)c3)s2)cc1)OC(C)(C)C. The Balaban J connectivity index is 1.50. The molecular weight excluding hydrogens is 483 g/mol. The van der Waals surface area contributed by atoms with E-state index in [1.807, 2.05) is 45.0 Å². The van der Waals surface area contributed by atoms with Gasteiger partial charge in [0, 0.05) is 17.8 Å². The van der Waals surface area contributed by atoms with Crippen LogP contribution in [0.1, 0.15) is 42.4 Å². The summed E-state index contributed by atoms with van der Waals surface area (Å²) < 4.78 is 30.3. The largest absolute Gasteiger partial charge is 0.494 e. The van der Waals surface area contributed by atoms with Gasteiger partial charge in [-0.25, -0.2) is 9.37 Å². The molecule has 2 aromatic carbocycles. The van der Waals surface area contributed by atoms with Gasteiger partial charge in [0.1, 0.15) is 22.0 Å². The smallest absolute Gasteiger partial charge is 0.206 e. The van der Waals surface area contributed by atoms with Gasteiger partial charge in [-0.2, -0.15) is 0 Å². The van der Waals surface area contributed by atoms with Crippen LogP contribution in [0, 0.1) is 5.82 Å². The maximum absolute atomic E-state index is 14.0. The minimum atomic E-state index is -0.622. The quantitative estimate of drug-likeness (QED) is 0.165. The molecule has 0 radical (unpaired) electrons. The van der Waals surface area contributed by atoms with E-state index in [4.69, 9.17) is 19.9 Å². The van der Waals surface area contributed by atoms with Gasteiger partial charge in [0.05, 0.1) is 13.7 Å². The molecule has 0 spiro atoms. The molecule has 0 saturated heterocycles. The molecule has 192 valence electrons. The third-order valence-electron chi connectivity index (χ3n) is 4.72. The Bertz CT molecular complexity index is 1210. The fourth-order valence-corrected chi connectivity index (χ4v) is 4.01. The van der Waals surface area contributed by atoms with Crippen molar-refractivity contribution in [2.24, 2.45) is 0 Å². The third kappa shape index (κ3) is 7.61. The number of ketones is 1. The number of thiazole rings is 1. The molecule has 1 aromatic heterocycles. The zero-order valence-electron chi connectivity index (χ0n) is 20.8. The van der Waals surface area contributed by atoms with Crippen molar-refractivity contribution in [1.29, 1.82) is 0 Å². The minimum Gasteiger partial charge on any atom is -0.494 e. The standard InChI is InChI=1S/C26H31FN4O4S/c1-16(35-26(2,3)4)29-13-6-14-34-19-10-8-18(9-11-19)30-25-31-24(28)23(36-25)22(32)17-7-12-21(33-5)20(27)15-17/h7-12,15,29H,1,6,13-14,28H2,2-5H3,(H,30,31). The molecule has 0 atom stereocenters. The maximum Gasteiger partial charge on any atom is 0.206 e. The molecule has 36 heavy (non-hydrogen) atoms. The van der Waals surface area contributed by atoms with E-state index < -0.39 is 11.6 Å². The van der Waals surface area contributed by atoms with Gasteiger partial charge in [0.15, 0.2) is 22.6 Å². The number of hydrogen-bond donors (Lipinski definition) is 3. The van der Waals surface area contributed by atoms with Crippen LogP contribution in [0.5, 0.6) is 11.5 Å². The number of nitrogens with zero attached hydrogens (tertiary/aromatic N) is 1. The number of halogens is 1. The van der Waals surface area contributed by atoms with Gasteiger partial charge in [0.25, 0.3) is 0 Å². The zero-order valence-corrected chi connectivity index (χ0v) is 21.6. The molecule has 0 saturated carbocycles. The molecule has 0 aliphatic heterocycles. The zero-order chi connectivity index (χ0) is 26.3. The van der Waals surface area contributed by atoms with Gasteiger partial charge in [-0.05, 0) is 76.2 Å². The van der Waals surface area contributed by atoms with Gasteiger partial charge in [-0.3, -0.25) is 4.79 Å². The van der Waals surface area contributed by atoms with Crippen LogP contribution in [0.3, 0.4) is 0 Å². The number of benzene rings is 2. The Kier molecular flexibility index (Phi) is 8.76. The number of ether oxygens (including phenoxy) is 3. The number of methoxy groups -OCH3 is 1. The topological polar surface area (TPSA) is 108 Å². The van der Waals surface area contributed by atoms with Crippen molar-refractivity contribution in [3.8, 4) is 11.5 Å². The Morgan fingerprint density at radius 3 is 2.56 bits per heavy atom. The van der Waals surface area contributed by atoms with E-state index in [1.165, 1.54) is 19.2 Å². The molecule has 0 aliphatic carbocycles. The van der Waals surface area contributed by atoms with Crippen LogP contribution < -0.4 is 25.8 Å². The Morgan fingerprint density at radius 2 is 1.92 bits per heavy atom. The molecule has 0 unspecified atom stereocenters. The number of aromatic nitrogens is 1. The normalized spacial score (nSPS) is 11.0. The number of rotatable bonds is 12. The van der Waals surface area contributed by atoms with Gasteiger partial charge in [0.2, 0.25) is 5.78 Å². The highest BCUT2D eigenvalue weighted by Gasteiger charge is 2.19. The van der Waals surface area contributed by atoms with Gasteiger partial charge < -0.3 is 30.6 Å². The third-order valence-corrected chi connectivity index (χ3v) is 5.71. The first kappa shape index (κ1) is 26.8. The summed E-state index contributed by atoms with van der Waals surface area (Å²) in [4.78, 5) is 17.3. The molecule has 0 bridgehead atoms. The lowest BCUT2D eigenvalue weighted by Crippen LogP contribution is -2.26. The highest BCUT2D eigenvalue weighted by Crippen LogP contribution is 2.31. The summed E-state index contributed by atoms with van der Waals surface area (Å²) in [6.07, 6.45) is 0.778. The van der Waals surface area contributed by atoms with Crippen LogP contribution in [0.2, 0.25) is 0 Å². The van der Waals surface area contributed by atoms with Crippen LogP contribution in [0.4, 0.5) is 21.0 Å². The molecular formula is C26H31FN4O4S. The monoisotopic (exact) mass is 514 g/mol. The summed E-state index contributed by atoms with van der Waals surface area (Å²) in [6.45, 7) is 11.0. The summed E-state index contributed by atoms with van der Waals surface area (Å²) in [5.74, 6) is 0.373. The van der Waals surface area contributed by atoms with Crippen LogP contribution in [0.25, 0.3) is 0 Å². The van der Waals surface area contributed by atoms with E-state index in [9.17, 15) is 9.18 Å². The fourth-order valence-electron chi connectivity index (χ4n) is 3.14. The van der Waals surface area contributed by atoms with Crippen LogP contribution in [-0.2, 0) is 4.74 Å². The van der Waals surface area contributed by atoms with Crippen molar-refractivity contribution in [2.75, 3.05) is 31.3 Å². The van der Waals surface area contributed by atoms with Crippen LogP contribution in [0.15, 0.2) is 54.9 Å². The van der Waals surface area contributed by atoms with Gasteiger partial charge >= 0.3 is 0 Å². The second-order valence-electron chi connectivity index (χ2n) is 8.83. The van der Waals surface area contributed by atoms with Crippen LogP contribution >= 0.6 is 11.3 Å². The number of nitrogens with one attached hydrogen (secondary N) is 2. The summed E-state index contributed by atoms with van der Waals surface area (Å²) in [6, 6.07) is 11.4. The van der Waals surface area contributed by atoms with Crippen molar-refractivity contribution in [3.05, 3.63) is 71.2 Å². The Labute approximate surface area is 214 Å². The maximum atomic E-state index is 14.0. The first-order valence-corrected chi connectivity index (χ1v) is 12.1. The lowest BCUT2D eigenvalue weighted by atomic mass is 10.1. The summed E-state index contributed by atoms with van der Waals surface area (Å²) in [5, 5.41) is 6.70. The van der Waals surface area contributed by atoms with Crippen molar-refractivity contribution < 1.29 is 23.4 Å². The van der Waals surface area contributed by atoms with E-state index in [1.54, 1.807) is 0 Å². The number of nitrogen functional groups attached to an aromatic ring is 1. The van der Waals surface area contributed by atoms with E-state index in [-0.39, 0.29) is 27.6 Å². The molecule has 0 aliphatic rings. The summed E-state index contributed by atoms with van der Waals surface area (Å²) in [5.41, 5.74) is 6.59. The van der Waals surface area contributed by atoms with Crippen molar-refractivity contribution in [2.45, 2.75) is 32.8 Å². The molecule has 8 nitrogen and oxygen atoms in total. The number of carbonyl (C=O) groups excluding carboxylic acids is 1. The molecule has 3 rings (SSSR count). The molecule has 3 aromatic rings. The second kappa shape index (κ2) is 11.8. The van der Waals surface area contributed by atoms with E-state index in [0.717, 1.165) is 35.3 Å². The molecule has 4 N–H and O–H groups in total. The predicted molar refractivity (Wildman–Crippen MR) is 141 cm³/mol. The van der Waals surface area contributed by atoms with Crippen molar-refractivity contribution in [1.82, 2.24) is 10.3 Å². The molecule has 10 heteroatoms. The predicted octanol–water partition coefficient (Wildman–Crippen LogP) is 5.49. The lowest BCUT2D eigenvalue weighted by molar-refractivity contribution is 0.0413. The minimum absolute atomic E-state index is 0.0619. The second-order valence-corrected chi connectivity index (χ2v) is 9.83. The first-order chi connectivity index (χ1) is 17.1. The highest BCUT2D eigenvalue weighted by molar-refractivity contribution is 7.18. The van der Waals surface area contributed by atoms with Crippen LogP contribution in [-0.4, -0.2) is 36.6 Å². The number of anilines is 3. The lowest BCUT2D eigenvalue weighted by Gasteiger charge is -2.23. The summed E-state index contributed by atoms with van der Waals surface area (Å²) >= 11 is 1.10. The number of carbonyl (C=O) groups is 1. The van der Waals surface area contributed by atoms with Gasteiger partial charge in [-0.1, -0.05) is 11.3 Å². The van der Waals surface area contributed by atoms with Gasteiger partial charge in [-0.15, -0.1) is 0 Å². The Hall–Kier alpha value is -3.79. The number of nitrogens with two attached hydrogens (primary N) is 1. The first-order valence-electron chi connectivity index (χ1n) is 11.3. The summed E-state index contributed by atoms with van der Waals surface area (Å²) in [7, 11) is 1.36. The van der Waals surface area contributed by atoms with E-state index >= 15 is 0 Å². The molecule has 1 heterocycles. The number of hydrogen-bond acceptors (Lipinski definition) is 9. The van der Waals surface area contributed by atoms with Crippen molar-refractivity contribution >= 4 is 33.8 Å². The van der Waals surface area contributed by atoms with E-state index in [2.05, 4.69) is 22.2 Å². The van der Waals surface area contributed by atoms with E-state index in [0.29, 0.717) is 24.2 Å². The fraction of sp³-hybridized carbons (Fsp3) is 0.308. The molecule has 0 amide bonds. The molecule has 0 fully saturated rings. The van der Waals surface area contributed by atoms with Crippen molar-refractivity contribution in [3.63, 3.8) is 0 Å².